The Morgan fingerprint density at radius 3 is 1.88 bits per heavy atom. The third-order valence-electron chi connectivity index (χ3n) is 4.13. The molecular formula is C22H22N2O2. The highest BCUT2D eigenvalue weighted by Gasteiger charge is 2.11. The van der Waals surface area contributed by atoms with E-state index in [0.29, 0.717) is 12.1 Å². The number of pyridine rings is 1. The van der Waals surface area contributed by atoms with Gasteiger partial charge in [0.05, 0.1) is 18.4 Å². The molecule has 0 bridgehead atoms. The summed E-state index contributed by atoms with van der Waals surface area (Å²) in [6.07, 6.45) is 1.57. The molecule has 0 N–H and O–H groups in total. The second-order valence-electron chi connectivity index (χ2n) is 6.15. The Morgan fingerprint density at radius 1 is 0.846 bits per heavy atom. The van der Waals surface area contributed by atoms with Gasteiger partial charge in [0, 0.05) is 25.8 Å². The Hall–Kier alpha value is -2.98. The first-order valence-electron chi connectivity index (χ1n) is 8.58. The van der Waals surface area contributed by atoms with Crippen molar-refractivity contribution in [3.05, 3.63) is 101 Å². The maximum absolute atomic E-state index is 11.6. The van der Waals surface area contributed by atoms with Crippen LogP contribution in [0.4, 0.5) is 0 Å². The molecule has 0 atom stereocenters. The van der Waals surface area contributed by atoms with Crippen molar-refractivity contribution >= 4 is 5.97 Å². The van der Waals surface area contributed by atoms with E-state index >= 15 is 0 Å². The van der Waals surface area contributed by atoms with Crippen LogP contribution in [0.25, 0.3) is 0 Å². The van der Waals surface area contributed by atoms with Gasteiger partial charge in [-0.15, -0.1) is 0 Å². The molecule has 0 spiro atoms. The summed E-state index contributed by atoms with van der Waals surface area (Å²) in [6, 6.07) is 24.4. The van der Waals surface area contributed by atoms with Crippen LogP contribution in [0.1, 0.15) is 27.2 Å². The van der Waals surface area contributed by atoms with Gasteiger partial charge in [0.2, 0.25) is 0 Å². The van der Waals surface area contributed by atoms with Crippen LogP contribution in [-0.4, -0.2) is 23.0 Å². The monoisotopic (exact) mass is 346 g/mol. The minimum atomic E-state index is -0.366. The number of nitrogens with zero attached hydrogens (tertiary/aromatic N) is 2. The minimum Gasteiger partial charge on any atom is -0.465 e. The van der Waals surface area contributed by atoms with E-state index in [1.54, 1.807) is 12.3 Å². The molecule has 4 nitrogen and oxygen atoms in total. The van der Waals surface area contributed by atoms with Gasteiger partial charge in [-0.1, -0.05) is 60.7 Å². The molecule has 26 heavy (non-hydrogen) atoms. The predicted molar refractivity (Wildman–Crippen MR) is 101 cm³/mol. The van der Waals surface area contributed by atoms with E-state index in [1.807, 2.05) is 18.2 Å². The Balaban J connectivity index is 1.75. The molecule has 1 heterocycles. The number of esters is 1. The smallest absolute Gasteiger partial charge is 0.339 e. The van der Waals surface area contributed by atoms with Gasteiger partial charge in [0.15, 0.2) is 0 Å². The fourth-order valence-corrected chi connectivity index (χ4v) is 2.84. The van der Waals surface area contributed by atoms with Crippen LogP contribution in [0.15, 0.2) is 79.0 Å². The molecule has 0 aliphatic rings. The lowest BCUT2D eigenvalue weighted by atomic mass is 10.1. The summed E-state index contributed by atoms with van der Waals surface area (Å²) in [5, 5.41) is 0. The van der Waals surface area contributed by atoms with Crippen LogP contribution in [0.5, 0.6) is 0 Å². The zero-order valence-electron chi connectivity index (χ0n) is 14.8. The molecule has 2 aromatic carbocycles. The summed E-state index contributed by atoms with van der Waals surface area (Å²) in [7, 11) is 1.37. The quantitative estimate of drug-likeness (QED) is 0.605. The topological polar surface area (TPSA) is 42.4 Å². The average molecular weight is 346 g/mol. The van der Waals surface area contributed by atoms with Crippen LogP contribution >= 0.6 is 0 Å². The van der Waals surface area contributed by atoms with E-state index in [0.717, 1.165) is 18.8 Å². The van der Waals surface area contributed by atoms with Gasteiger partial charge in [-0.2, -0.15) is 0 Å². The molecule has 0 unspecified atom stereocenters. The molecule has 132 valence electrons. The maximum Gasteiger partial charge on any atom is 0.339 e. The molecule has 0 saturated heterocycles. The number of benzene rings is 2. The zero-order chi connectivity index (χ0) is 18.2. The normalized spacial score (nSPS) is 10.7. The summed E-state index contributed by atoms with van der Waals surface area (Å²) in [5.41, 5.74) is 3.91. The number of methoxy groups -OCH3 is 1. The lowest BCUT2D eigenvalue weighted by Crippen LogP contribution is -2.23. The van der Waals surface area contributed by atoms with Gasteiger partial charge < -0.3 is 4.74 Å². The molecule has 3 rings (SSSR count). The maximum atomic E-state index is 11.6. The lowest BCUT2D eigenvalue weighted by molar-refractivity contribution is 0.0600. The van der Waals surface area contributed by atoms with Crippen LogP contribution in [-0.2, 0) is 24.4 Å². The summed E-state index contributed by atoms with van der Waals surface area (Å²) < 4.78 is 4.73. The van der Waals surface area contributed by atoms with Crippen molar-refractivity contribution in [1.82, 2.24) is 9.88 Å². The second-order valence-corrected chi connectivity index (χ2v) is 6.15. The number of rotatable bonds is 7. The first-order valence-corrected chi connectivity index (χ1v) is 8.58. The minimum absolute atomic E-state index is 0.366. The number of hydrogen-bond acceptors (Lipinski definition) is 4. The van der Waals surface area contributed by atoms with Crippen molar-refractivity contribution in [2.75, 3.05) is 7.11 Å². The van der Waals surface area contributed by atoms with Gasteiger partial charge in [0.1, 0.15) is 0 Å². The molecule has 0 saturated carbocycles. The fraction of sp³-hybridized carbons (Fsp3) is 0.182. The predicted octanol–water partition coefficient (Wildman–Crippen LogP) is 4.07. The average Bonchev–Trinajstić information content (AvgIpc) is 2.69. The van der Waals surface area contributed by atoms with E-state index in [2.05, 4.69) is 58.4 Å². The van der Waals surface area contributed by atoms with Crippen molar-refractivity contribution in [2.45, 2.75) is 19.6 Å². The summed E-state index contributed by atoms with van der Waals surface area (Å²) >= 11 is 0. The largest absolute Gasteiger partial charge is 0.465 e. The van der Waals surface area contributed by atoms with Crippen molar-refractivity contribution in [1.29, 1.82) is 0 Å². The van der Waals surface area contributed by atoms with Crippen molar-refractivity contribution in [2.24, 2.45) is 0 Å². The molecule has 3 aromatic rings. The molecular weight excluding hydrogens is 324 g/mol. The molecule has 0 amide bonds. The highest BCUT2D eigenvalue weighted by molar-refractivity contribution is 5.88. The summed E-state index contributed by atoms with van der Waals surface area (Å²) in [6.45, 7) is 2.36. The lowest BCUT2D eigenvalue weighted by Gasteiger charge is -2.22. The standard InChI is InChI=1S/C22H22N2O2/c1-26-22(25)20-12-13-21(23-14-20)17-24(15-18-8-4-2-5-9-18)16-19-10-6-3-7-11-19/h2-14H,15-17H2,1H3. The van der Waals surface area contributed by atoms with Gasteiger partial charge in [-0.25, -0.2) is 4.79 Å². The first kappa shape index (κ1) is 17.8. The summed E-state index contributed by atoms with van der Waals surface area (Å²) in [4.78, 5) is 18.3. The molecule has 0 fully saturated rings. The SMILES string of the molecule is COC(=O)c1ccc(CN(Cc2ccccc2)Cc2ccccc2)nc1. The number of carbonyl (C=O) groups excluding carboxylic acids is 1. The first-order chi connectivity index (χ1) is 12.7. The Morgan fingerprint density at radius 2 is 1.42 bits per heavy atom. The Kier molecular flexibility index (Phi) is 6.12. The molecule has 0 aliphatic carbocycles. The van der Waals surface area contributed by atoms with Crippen LogP contribution < -0.4 is 0 Å². The van der Waals surface area contributed by atoms with E-state index < -0.39 is 0 Å². The molecule has 0 radical (unpaired) electrons. The van der Waals surface area contributed by atoms with Gasteiger partial charge >= 0.3 is 5.97 Å². The van der Waals surface area contributed by atoms with Crippen LogP contribution in [0, 0.1) is 0 Å². The Labute approximate surface area is 154 Å². The van der Waals surface area contributed by atoms with Crippen molar-refractivity contribution in [3.63, 3.8) is 0 Å². The van der Waals surface area contributed by atoms with Gasteiger partial charge in [-0.05, 0) is 23.3 Å². The fourth-order valence-electron chi connectivity index (χ4n) is 2.84. The highest BCUT2D eigenvalue weighted by Crippen LogP contribution is 2.14. The number of ether oxygens (including phenoxy) is 1. The van der Waals surface area contributed by atoms with Crippen molar-refractivity contribution in [3.8, 4) is 0 Å². The third-order valence-corrected chi connectivity index (χ3v) is 4.13. The molecule has 0 aliphatic heterocycles. The van der Waals surface area contributed by atoms with E-state index in [-0.39, 0.29) is 5.97 Å². The van der Waals surface area contributed by atoms with Crippen LogP contribution in [0.3, 0.4) is 0 Å². The van der Waals surface area contributed by atoms with E-state index in [4.69, 9.17) is 4.74 Å². The molecule has 1 aromatic heterocycles. The Bertz CT molecular complexity index is 776. The van der Waals surface area contributed by atoms with Crippen molar-refractivity contribution < 1.29 is 9.53 Å². The van der Waals surface area contributed by atoms with Crippen LogP contribution in [0.2, 0.25) is 0 Å². The van der Waals surface area contributed by atoms with E-state index in [9.17, 15) is 4.79 Å². The van der Waals surface area contributed by atoms with E-state index in [1.165, 1.54) is 18.2 Å². The zero-order valence-corrected chi connectivity index (χ0v) is 14.8. The third kappa shape index (κ3) is 5.01. The van der Waals surface area contributed by atoms with Gasteiger partial charge in [-0.3, -0.25) is 9.88 Å². The van der Waals surface area contributed by atoms with Gasteiger partial charge in [0.25, 0.3) is 0 Å². The highest BCUT2D eigenvalue weighted by atomic mass is 16.5. The second kappa shape index (κ2) is 8.92. The molecule has 4 heteroatoms. The number of carbonyl (C=O) groups is 1. The number of aromatic nitrogens is 1. The summed E-state index contributed by atoms with van der Waals surface area (Å²) in [5.74, 6) is -0.366. The number of hydrogen-bond donors (Lipinski definition) is 0.